The number of aromatic carboxylic acids is 1. The van der Waals surface area contributed by atoms with E-state index in [0.29, 0.717) is 5.56 Å². The zero-order chi connectivity index (χ0) is 13.1. The molecule has 0 radical (unpaired) electrons. The van der Waals surface area contributed by atoms with Gasteiger partial charge in [-0.1, -0.05) is 0 Å². The standard InChI is InChI=1S/C14H19NO3/c1-10-8-11(5-6-13(10)14(16)17)15-7-3-4-12(9-15)18-2/h5-6,8,12H,3-4,7,9H2,1-2H3,(H,16,17). The van der Waals surface area contributed by atoms with Gasteiger partial charge in [-0.3, -0.25) is 0 Å². The smallest absolute Gasteiger partial charge is 0.335 e. The molecule has 0 spiro atoms. The first-order chi connectivity index (χ1) is 8.61. The zero-order valence-electron chi connectivity index (χ0n) is 10.8. The van der Waals surface area contributed by atoms with E-state index in [4.69, 9.17) is 9.84 Å². The second-order valence-corrected chi connectivity index (χ2v) is 4.75. The summed E-state index contributed by atoms with van der Waals surface area (Å²) in [6.45, 7) is 3.72. The van der Waals surface area contributed by atoms with Crippen molar-refractivity contribution in [3.63, 3.8) is 0 Å². The molecule has 1 aliphatic heterocycles. The van der Waals surface area contributed by atoms with Crippen molar-refractivity contribution in [2.45, 2.75) is 25.9 Å². The molecule has 1 saturated heterocycles. The van der Waals surface area contributed by atoms with E-state index in [1.807, 2.05) is 19.1 Å². The molecule has 1 N–H and O–H groups in total. The third-order valence-electron chi connectivity index (χ3n) is 3.52. The molecular formula is C14H19NO3. The van der Waals surface area contributed by atoms with Crippen LogP contribution in [-0.2, 0) is 4.74 Å². The Hall–Kier alpha value is -1.55. The number of aryl methyl sites for hydroxylation is 1. The molecule has 1 aliphatic rings. The van der Waals surface area contributed by atoms with Gasteiger partial charge in [-0.25, -0.2) is 4.79 Å². The maximum Gasteiger partial charge on any atom is 0.335 e. The van der Waals surface area contributed by atoms with Gasteiger partial charge in [0.2, 0.25) is 0 Å². The summed E-state index contributed by atoms with van der Waals surface area (Å²) in [5.74, 6) is -0.868. The molecule has 4 nitrogen and oxygen atoms in total. The predicted molar refractivity (Wildman–Crippen MR) is 70.4 cm³/mol. The van der Waals surface area contributed by atoms with E-state index in [1.165, 1.54) is 0 Å². The van der Waals surface area contributed by atoms with Crippen LogP contribution in [0.2, 0.25) is 0 Å². The summed E-state index contributed by atoms with van der Waals surface area (Å²) < 4.78 is 5.40. The van der Waals surface area contributed by atoms with Crippen molar-refractivity contribution in [1.82, 2.24) is 0 Å². The molecular weight excluding hydrogens is 230 g/mol. The van der Waals surface area contributed by atoms with Crippen LogP contribution < -0.4 is 4.90 Å². The van der Waals surface area contributed by atoms with Crippen molar-refractivity contribution in [1.29, 1.82) is 0 Å². The van der Waals surface area contributed by atoms with Crippen molar-refractivity contribution in [3.8, 4) is 0 Å². The highest BCUT2D eigenvalue weighted by Gasteiger charge is 2.20. The number of nitrogens with zero attached hydrogens (tertiary/aromatic N) is 1. The number of carboxylic acids is 1. The van der Waals surface area contributed by atoms with Crippen molar-refractivity contribution >= 4 is 11.7 Å². The number of benzene rings is 1. The largest absolute Gasteiger partial charge is 0.478 e. The molecule has 1 atom stereocenters. The van der Waals surface area contributed by atoms with Crippen LogP contribution in [0.5, 0.6) is 0 Å². The molecule has 1 aromatic rings. The highest BCUT2D eigenvalue weighted by atomic mass is 16.5. The lowest BCUT2D eigenvalue weighted by Crippen LogP contribution is -2.39. The van der Waals surface area contributed by atoms with Gasteiger partial charge >= 0.3 is 5.97 Å². The topological polar surface area (TPSA) is 49.8 Å². The minimum Gasteiger partial charge on any atom is -0.478 e. The Balaban J connectivity index is 2.18. The lowest BCUT2D eigenvalue weighted by atomic mass is 10.0. The molecule has 2 rings (SSSR count). The molecule has 4 heteroatoms. The molecule has 0 bridgehead atoms. The van der Waals surface area contributed by atoms with Gasteiger partial charge in [0.05, 0.1) is 11.7 Å². The van der Waals surface area contributed by atoms with E-state index in [0.717, 1.165) is 37.2 Å². The molecule has 1 fully saturated rings. The van der Waals surface area contributed by atoms with Gasteiger partial charge < -0.3 is 14.7 Å². The lowest BCUT2D eigenvalue weighted by molar-refractivity contribution is 0.0696. The predicted octanol–water partition coefficient (Wildman–Crippen LogP) is 2.31. The van der Waals surface area contributed by atoms with E-state index in [-0.39, 0.29) is 6.10 Å². The van der Waals surface area contributed by atoms with E-state index in [2.05, 4.69) is 4.90 Å². The van der Waals surface area contributed by atoms with Gasteiger partial charge in [0, 0.05) is 25.9 Å². The van der Waals surface area contributed by atoms with Crippen LogP contribution in [0.25, 0.3) is 0 Å². The molecule has 0 aliphatic carbocycles. The number of hydrogen-bond acceptors (Lipinski definition) is 3. The summed E-state index contributed by atoms with van der Waals surface area (Å²) in [5.41, 5.74) is 2.26. The fraction of sp³-hybridized carbons (Fsp3) is 0.500. The van der Waals surface area contributed by atoms with E-state index >= 15 is 0 Å². The number of ether oxygens (including phenoxy) is 1. The Kier molecular flexibility index (Phi) is 3.87. The SMILES string of the molecule is COC1CCCN(c2ccc(C(=O)O)c(C)c2)C1. The fourth-order valence-corrected chi connectivity index (χ4v) is 2.45. The van der Waals surface area contributed by atoms with Crippen molar-refractivity contribution in [3.05, 3.63) is 29.3 Å². The van der Waals surface area contributed by atoms with Crippen LogP contribution in [0.3, 0.4) is 0 Å². The number of carboxylic acid groups (broad SMARTS) is 1. The first-order valence-electron chi connectivity index (χ1n) is 6.23. The van der Waals surface area contributed by atoms with Crippen LogP contribution in [0.15, 0.2) is 18.2 Å². The number of rotatable bonds is 3. The fourth-order valence-electron chi connectivity index (χ4n) is 2.45. The minimum atomic E-state index is -0.868. The molecule has 98 valence electrons. The molecule has 18 heavy (non-hydrogen) atoms. The van der Waals surface area contributed by atoms with Crippen LogP contribution in [-0.4, -0.2) is 37.4 Å². The van der Waals surface area contributed by atoms with E-state index in [1.54, 1.807) is 13.2 Å². The maximum absolute atomic E-state index is 11.0. The minimum absolute atomic E-state index is 0.276. The normalized spacial score (nSPS) is 19.9. The third kappa shape index (κ3) is 2.64. The van der Waals surface area contributed by atoms with Gasteiger partial charge in [-0.05, 0) is 43.5 Å². The lowest BCUT2D eigenvalue weighted by Gasteiger charge is -2.33. The highest BCUT2D eigenvalue weighted by molar-refractivity contribution is 5.89. The molecule has 1 aromatic carbocycles. The van der Waals surface area contributed by atoms with Gasteiger partial charge in [0.25, 0.3) is 0 Å². The maximum atomic E-state index is 11.0. The van der Waals surface area contributed by atoms with E-state index < -0.39 is 5.97 Å². The number of anilines is 1. The van der Waals surface area contributed by atoms with Gasteiger partial charge in [-0.15, -0.1) is 0 Å². The Morgan fingerprint density at radius 3 is 2.89 bits per heavy atom. The first-order valence-corrected chi connectivity index (χ1v) is 6.23. The number of hydrogen-bond donors (Lipinski definition) is 1. The Morgan fingerprint density at radius 2 is 2.28 bits per heavy atom. The van der Waals surface area contributed by atoms with Gasteiger partial charge in [-0.2, -0.15) is 0 Å². The van der Waals surface area contributed by atoms with Crippen LogP contribution in [0.4, 0.5) is 5.69 Å². The van der Waals surface area contributed by atoms with Crippen LogP contribution in [0.1, 0.15) is 28.8 Å². The average molecular weight is 249 g/mol. The zero-order valence-corrected chi connectivity index (χ0v) is 10.8. The summed E-state index contributed by atoms with van der Waals surface area (Å²) in [7, 11) is 1.74. The Morgan fingerprint density at radius 1 is 1.50 bits per heavy atom. The summed E-state index contributed by atoms with van der Waals surface area (Å²) in [6.07, 6.45) is 2.48. The Labute approximate surface area is 107 Å². The van der Waals surface area contributed by atoms with Crippen molar-refractivity contribution in [2.75, 3.05) is 25.1 Å². The monoisotopic (exact) mass is 249 g/mol. The number of methoxy groups -OCH3 is 1. The molecule has 1 heterocycles. The summed E-state index contributed by atoms with van der Waals surface area (Å²) >= 11 is 0. The van der Waals surface area contributed by atoms with E-state index in [9.17, 15) is 4.79 Å². The summed E-state index contributed by atoms with van der Waals surface area (Å²) in [5, 5.41) is 9.01. The highest BCUT2D eigenvalue weighted by Crippen LogP contribution is 2.23. The Bertz CT molecular complexity index is 445. The first kappa shape index (κ1) is 12.9. The van der Waals surface area contributed by atoms with Crippen LogP contribution >= 0.6 is 0 Å². The van der Waals surface area contributed by atoms with Gasteiger partial charge in [0.15, 0.2) is 0 Å². The van der Waals surface area contributed by atoms with Crippen molar-refractivity contribution < 1.29 is 14.6 Å². The molecule has 0 saturated carbocycles. The molecule has 0 amide bonds. The quantitative estimate of drug-likeness (QED) is 0.893. The van der Waals surface area contributed by atoms with Crippen molar-refractivity contribution in [2.24, 2.45) is 0 Å². The summed E-state index contributed by atoms with van der Waals surface area (Å²) in [6, 6.07) is 5.51. The average Bonchev–Trinajstić information content (AvgIpc) is 2.38. The third-order valence-corrected chi connectivity index (χ3v) is 3.52. The molecule has 1 unspecified atom stereocenters. The second-order valence-electron chi connectivity index (χ2n) is 4.75. The second kappa shape index (κ2) is 5.40. The summed E-state index contributed by atoms with van der Waals surface area (Å²) in [4.78, 5) is 13.2. The number of piperidine rings is 1. The molecule has 0 aromatic heterocycles. The number of carbonyl (C=O) groups is 1. The van der Waals surface area contributed by atoms with Gasteiger partial charge in [0.1, 0.15) is 0 Å². The van der Waals surface area contributed by atoms with Crippen LogP contribution in [0, 0.1) is 6.92 Å².